The fourth-order valence-electron chi connectivity index (χ4n) is 3.47. The quantitative estimate of drug-likeness (QED) is 0.512. The molecule has 2 aromatic carbocycles. The topological polar surface area (TPSA) is 42.3 Å². The first-order valence-corrected chi connectivity index (χ1v) is 10.1. The van der Waals surface area contributed by atoms with E-state index in [4.69, 9.17) is 0 Å². The summed E-state index contributed by atoms with van der Waals surface area (Å²) >= 11 is 0.886. The maximum atomic E-state index is 13.3. The second-order valence-electron chi connectivity index (χ2n) is 7.03. The Hall–Kier alpha value is -3.19. The predicted molar refractivity (Wildman–Crippen MR) is 113 cm³/mol. The molecule has 1 aliphatic rings. The largest absolute Gasteiger partial charge is 0.318 e. The average molecular weight is 424 g/mol. The van der Waals surface area contributed by atoms with Crippen molar-refractivity contribution in [1.82, 2.24) is 9.47 Å². The highest BCUT2D eigenvalue weighted by molar-refractivity contribution is 8.18. The molecular weight excluding hydrogens is 406 g/mol. The van der Waals surface area contributed by atoms with Crippen molar-refractivity contribution in [3.8, 4) is 5.69 Å². The lowest BCUT2D eigenvalue weighted by molar-refractivity contribution is -0.123. The first-order valence-electron chi connectivity index (χ1n) is 9.28. The molecule has 0 N–H and O–H groups in total. The molecule has 152 valence electrons. The van der Waals surface area contributed by atoms with Crippen molar-refractivity contribution in [3.63, 3.8) is 0 Å². The molecule has 0 bridgehead atoms. The van der Waals surface area contributed by atoms with Crippen molar-refractivity contribution in [2.45, 2.75) is 20.4 Å². The van der Waals surface area contributed by atoms with Gasteiger partial charge in [-0.15, -0.1) is 0 Å². The highest BCUT2D eigenvalue weighted by Crippen LogP contribution is 2.34. The van der Waals surface area contributed by atoms with Crippen LogP contribution < -0.4 is 0 Å². The summed E-state index contributed by atoms with van der Waals surface area (Å²) in [6, 6.07) is 13.8. The molecule has 1 aliphatic heterocycles. The number of aromatic nitrogens is 1. The summed E-state index contributed by atoms with van der Waals surface area (Å²) in [5, 5.41) is -0.358. The molecule has 0 atom stereocenters. The number of nitrogens with zero attached hydrogens (tertiary/aromatic N) is 2. The molecule has 1 aromatic heterocycles. The van der Waals surface area contributed by atoms with Crippen molar-refractivity contribution in [2.24, 2.45) is 0 Å². The molecule has 0 aliphatic carbocycles. The molecule has 2 heterocycles. The summed E-state index contributed by atoms with van der Waals surface area (Å²) in [6.45, 7) is 3.93. The number of thioether (sulfide) groups is 1. The number of aryl methyl sites for hydroxylation is 1. The summed E-state index contributed by atoms with van der Waals surface area (Å²) in [7, 11) is 0. The zero-order valence-corrected chi connectivity index (χ0v) is 17.2. The molecule has 4 rings (SSSR count). The van der Waals surface area contributed by atoms with Crippen LogP contribution in [0.5, 0.6) is 0 Å². The number of benzene rings is 2. The number of rotatable bonds is 4. The van der Waals surface area contributed by atoms with E-state index in [0.717, 1.165) is 39.3 Å². The van der Waals surface area contributed by atoms with E-state index in [0.29, 0.717) is 10.5 Å². The van der Waals surface area contributed by atoms with Crippen LogP contribution >= 0.6 is 11.8 Å². The van der Waals surface area contributed by atoms with Gasteiger partial charge in [-0.05, 0) is 85.3 Å². The van der Waals surface area contributed by atoms with Gasteiger partial charge in [0.1, 0.15) is 11.6 Å². The van der Waals surface area contributed by atoms with Crippen LogP contribution in [0.1, 0.15) is 22.5 Å². The maximum Gasteiger partial charge on any atom is 0.293 e. The summed E-state index contributed by atoms with van der Waals surface area (Å²) in [6.07, 6.45) is 1.71. The molecule has 1 saturated heterocycles. The molecule has 1 fully saturated rings. The van der Waals surface area contributed by atoms with Crippen molar-refractivity contribution in [2.75, 3.05) is 0 Å². The van der Waals surface area contributed by atoms with E-state index in [2.05, 4.69) is 0 Å². The smallest absolute Gasteiger partial charge is 0.293 e. The third-order valence-corrected chi connectivity index (χ3v) is 5.88. The molecule has 0 radical (unpaired) electrons. The average Bonchev–Trinajstić information content (AvgIpc) is 3.14. The SMILES string of the molecule is Cc1cc(/C=C2/SC(=O)N(Cc3ccc(F)cc3)C2=O)c(C)n1-c1ccc(F)cc1. The molecule has 0 saturated carbocycles. The van der Waals surface area contributed by atoms with Crippen molar-refractivity contribution in [1.29, 1.82) is 0 Å². The molecule has 2 amide bonds. The second-order valence-corrected chi connectivity index (χ2v) is 8.03. The number of amides is 2. The van der Waals surface area contributed by atoms with Crippen molar-refractivity contribution >= 4 is 29.0 Å². The van der Waals surface area contributed by atoms with Gasteiger partial charge in [0.25, 0.3) is 11.1 Å². The van der Waals surface area contributed by atoms with Crippen LogP contribution in [0.4, 0.5) is 13.6 Å². The van der Waals surface area contributed by atoms with Crippen molar-refractivity contribution < 1.29 is 18.4 Å². The monoisotopic (exact) mass is 424 g/mol. The number of hydrogen-bond acceptors (Lipinski definition) is 3. The lowest BCUT2D eigenvalue weighted by atomic mass is 10.2. The lowest BCUT2D eigenvalue weighted by Crippen LogP contribution is -2.27. The zero-order valence-electron chi connectivity index (χ0n) is 16.4. The van der Waals surface area contributed by atoms with Crippen LogP contribution in [0.25, 0.3) is 11.8 Å². The molecule has 4 nitrogen and oxygen atoms in total. The Bertz CT molecular complexity index is 1170. The molecular formula is C23H18F2N2O2S. The molecule has 7 heteroatoms. The Labute approximate surface area is 176 Å². The fourth-order valence-corrected chi connectivity index (χ4v) is 4.30. The maximum absolute atomic E-state index is 13.3. The van der Waals surface area contributed by atoms with Gasteiger partial charge >= 0.3 is 0 Å². The summed E-state index contributed by atoms with van der Waals surface area (Å²) in [5.41, 5.74) is 4.11. The van der Waals surface area contributed by atoms with Crippen LogP contribution in [0.2, 0.25) is 0 Å². The normalized spacial score (nSPS) is 15.5. The van der Waals surface area contributed by atoms with Crippen LogP contribution in [0.15, 0.2) is 59.5 Å². The fraction of sp³-hybridized carbons (Fsp3) is 0.130. The second kappa shape index (κ2) is 7.91. The van der Waals surface area contributed by atoms with E-state index < -0.39 is 0 Å². The van der Waals surface area contributed by atoms with Crippen LogP contribution in [0, 0.1) is 25.5 Å². The van der Waals surface area contributed by atoms with Gasteiger partial charge in [-0.1, -0.05) is 12.1 Å². The standard InChI is InChI=1S/C23H18F2N2O2S/c1-14-11-17(15(2)27(14)20-9-7-19(25)8-10-20)12-21-22(28)26(23(29)30-21)13-16-3-5-18(24)6-4-16/h3-12H,13H2,1-2H3/b21-12+. The van der Waals surface area contributed by atoms with E-state index in [1.54, 1.807) is 30.3 Å². The molecule has 0 spiro atoms. The Kier molecular flexibility index (Phi) is 5.30. The first-order chi connectivity index (χ1) is 14.3. The number of imide groups is 1. The van der Waals surface area contributed by atoms with Gasteiger partial charge in [0.15, 0.2) is 0 Å². The highest BCUT2D eigenvalue weighted by Gasteiger charge is 2.35. The lowest BCUT2D eigenvalue weighted by Gasteiger charge is -2.12. The predicted octanol–water partition coefficient (Wildman–Crippen LogP) is 5.61. The summed E-state index contributed by atoms with van der Waals surface area (Å²) in [5.74, 6) is -1.05. The van der Waals surface area contributed by atoms with Crippen LogP contribution in [-0.4, -0.2) is 20.6 Å². The van der Waals surface area contributed by atoms with Gasteiger partial charge in [-0.3, -0.25) is 14.5 Å². The van der Waals surface area contributed by atoms with E-state index in [1.807, 2.05) is 24.5 Å². The highest BCUT2D eigenvalue weighted by atomic mass is 32.2. The van der Waals surface area contributed by atoms with E-state index in [-0.39, 0.29) is 29.3 Å². The number of carbonyl (C=O) groups excluding carboxylic acids is 2. The number of halogens is 2. The van der Waals surface area contributed by atoms with Gasteiger partial charge < -0.3 is 4.57 Å². The Balaban J connectivity index is 1.61. The van der Waals surface area contributed by atoms with Gasteiger partial charge in [0.05, 0.1) is 11.4 Å². The minimum absolute atomic E-state index is 0.0941. The number of carbonyl (C=O) groups is 2. The summed E-state index contributed by atoms with van der Waals surface area (Å²) < 4.78 is 28.3. The first kappa shape index (κ1) is 20.1. The van der Waals surface area contributed by atoms with Gasteiger partial charge in [-0.25, -0.2) is 8.78 Å². The van der Waals surface area contributed by atoms with Crippen LogP contribution in [0.3, 0.4) is 0 Å². The van der Waals surface area contributed by atoms with Gasteiger partial charge in [-0.2, -0.15) is 0 Å². The Morgan fingerprint density at radius 1 is 0.933 bits per heavy atom. The summed E-state index contributed by atoms with van der Waals surface area (Å²) in [4.78, 5) is 26.7. The third-order valence-electron chi connectivity index (χ3n) is 4.97. The molecule has 30 heavy (non-hydrogen) atoms. The zero-order chi connectivity index (χ0) is 21.4. The Morgan fingerprint density at radius 3 is 2.17 bits per heavy atom. The van der Waals surface area contributed by atoms with E-state index in [1.165, 1.54) is 24.3 Å². The third kappa shape index (κ3) is 3.80. The van der Waals surface area contributed by atoms with E-state index in [9.17, 15) is 18.4 Å². The molecule has 0 unspecified atom stereocenters. The Morgan fingerprint density at radius 2 is 1.53 bits per heavy atom. The van der Waals surface area contributed by atoms with Gasteiger partial charge in [0.2, 0.25) is 0 Å². The minimum Gasteiger partial charge on any atom is -0.318 e. The number of hydrogen-bond donors (Lipinski definition) is 0. The van der Waals surface area contributed by atoms with Crippen LogP contribution in [-0.2, 0) is 11.3 Å². The van der Waals surface area contributed by atoms with Gasteiger partial charge in [0, 0.05) is 17.1 Å². The van der Waals surface area contributed by atoms with Crippen molar-refractivity contribution in [3.05, 3.63) is 93.7 Å². The molecule has 3 aromatic rings. The minimum atomic E-state index is -0.374. The van der Waals surface area contributed by atoms with E-state index >= 15 is 0 Å².